The largest absolute Gasteiger partial charge is 0.343 e. The summed E-state index contributed by atoms with van der Waals surface area (Å²) in [5.41, 5.74) is 19.3. The zero-order valence-corrected chi connectivity index (χ0v) is 23.0. The van der Waals surface area contributed by atoms with E-state index in [2.05, 4.69) is 22.7 Å². The van der Waals surface area contributed by atoms with Gasteiger partial charge in [0, 0.05) is 18.5 Å². The minimum atomic E-state index is -0.675. The molecule has 1 aliphatic rings. The number of likely N-dealkylation sites (N-methyl/N-ethyl adjacent to an activating group) is 1. The molecule has 1 aliphatic carbocycles. The smallest absolute Gasteiger partial charge is 0.246 e. The van der Waals surface area contributed by atoms with E-state index < -0.39 is 12.1 Å². The number of nitrogens with two attached hydrogens (primary N) is 3. The molecule has 9 heteroatoms. The summed E-state index contributed by atoms with van der Waals surface area (Å²) in [6, 6.07) is 8.36. The number of nitrogens with one attached hydrogen (secondary N) is 2. The number of rotatable bonds is 15. The van der Waals surface area contributed by atoms with Crippen molar-refractivity contribution in [2.45, 2.75) is 69.9 Å². The number of carbonyl (C=O) groups excluding carboxylic acids is 2. The van der Waals surface area contributed by atoms with E-state index in [-0.39, 0.29) is 11.8 Å². The quantitative estimate of drug-likeness (QED) is 0.225. The SMILES string of the molecule is C[N+](CCN)(CCN)CCCC(N)C(=O)NC(CCC1CCCCC1)C(=O)Nc1cnc2ccccc2c1. The molecule has 2 atom stereocenters. The van der Waals surface area contributed by atoms with Gasteiger partial charge in [-0.15, -0.1) is 0 Å². The molecule has 38 heavy (non-hydrogen) atoms. The standard InChI is InChI=1S/C29H47N7O2/c1-36(18-15-30,19-16-31)17-7-11-25(32)28(37)35-27(14-13-22-8-3-2-4-9-22)29(38)34-24-20-23-10-5-6-12-26(23)33-21-24/h5-6,10,12,20-22,25,27H,2-4,7-9,11,13-19,30-32H2,1H3,(H-,34,35,37,38)/p+1. The van der Waals surface area contributed by atoms with Gasteiger partial charge >= 0.3 is 0 Å². The predicted octanol–water partition coefficient (Wildman–Crippen LogP) is 2.49. The highest BCUT2D eigenvalue weighted by molar-refractivity contribution is 5.98. The van der Waals surface area contributed by atoms with Crippen LogP contribution in [0.3, 0.4) is 0 Å². The van der Waals surface area contributed by atoms with E-state index in [0.29, 0.717) is 37.5 Å². The monoisotopic (exact) mass is 526 g/mol. The van der Waals surface area contributed by atoms with E-state index in [1.165, 1.54) is 32.1 Å². The molecule has 0 saturated heterocycles. The van der Waals surface area contributed by atoms with Crippen molar-refractivity contribution >= 4 is 28.4 Å². The van der Waals surface area contributed by atoms with E-state index in [1.807, 2.05) is 30.3 Å². The van der Waals surface area contributed by atoms with Crippen LogP contribution >= 0.6 is 0 Å². The van der Waals surface area contributed by atoms with Crippen LogP contribution in [-0.2, 0) is 9.59 Å². The van der Waals surface area contributed by atoms with Gasteiger partial charge in [-0.05, 0) is 43.7 Å². The van der Waals surface area contributed by atoms with E-state index in [1.54, 1.807) is 6.20 Å². The van der Waals surface area contributed by atoms with Crippen LogP contribution in [0.2, 0.25) is 0 Å². The molecule has 0 radical (unpaired) electrons. The molecule has 1 aromatic heterocycles. The number of quaternary nitrogens is 1. The van der Waals surface area contributed by atoms with Gasteiger partial charge in [-0.25, -0.2) is 0 Å². The lowest BCUT2D eigenvalue weighted by Crippen LogP contribution is -2.52. The van der Waals surface area contributed by atoms with E-state index in [9.17, 15) is 9.59 Å². The number of benzene rings is 1. The first-order chi connectivity index (χ1) is 18.3. The molecule has 0 bridgehead atoms. The van der Waals surface area contributed by atoms with Crippen molar-refractivity contribution in [3.05, 3.63) is 36.5 Å². The zero-order chi connectivity index (χ0) is 27.4. The average molecular weight is 527 g/mol. The van der Waals surface area contributed by atoms with Crippen LogP contribution in [0.25, 0.3) is 10.9 Å². The van der Waals surface area contributed by atoms with Gasteiger partial charge in [-0.2, -0.15) is 0 Å². The molecule has 1 aromatic carbocycles. The van der Waals surface area contributed by atoms with Crippen LogP contribution < -0.4 is 27.8 Å². The fourth-order valence-corrected chi connectivity index (χ4v) is 5.58. The summed E-state index contributed by atoms with van der Waals surface area (Å²) in [4.78, 5) is 30.9. The molecule has 2 unspecified atom stereocenters. The summed E-state index contributed by atoms with van der Waals surface area (Å²) in [6.07, 6.45) is 10.7. The third-order valence-electron chi connectivity index (χ3n) is 7.97. The minimum absolute atomic E-state index is 0.228. The lowest BCUT2D eigenvalue weighted by atomic mass is 9.85. The molecule has 1 heterocycles. The van der Waals surface area contributed by atoms with Crippen molar-refractivity contribution < 1.29 is 14.1 Å². The van der Waals surface area contributed by atoms with E-state index in [4.69, 9.17) is 17.2 Å². The van der Waals surface area contributed by atoms with Crippen molar-refractivity contribution in [2.24, 2.45) is 23.1 Å². The first-order valence-corrected chi connectivity index (χ1v) is 14.3. The third-order valence-corrected chi connectivity index (χ3v) is 7.97. The average Bonchev–Trinajstić information content (AvgIpc) is 2.91. The number of pyridine rings is 1. The molecule has 0 spiro atoms. The second-order valence-electron chi connectivity index (χ2n) is 11.2. The van der Waals surface area contributed by atoms with Crippen LogP contribution in [0.5, 0.6) is 0 Å². The molecule has 210 valence electrons. The highest BCUT2D eigenvalue weighted by Gasteiger charge is 2.27. The molecule has 0 aliphatic heterocycles. The number of amides is 2. The van der Waals surface area contributed by atoms with Gasteiger partial charge in [0.05, 0.1) is 50.1 Å². The van der Waals surface area contributed by atoms with Gasteiger partial charge in [-0.3, -0.25) is 14.6 Å². The predicted molar refractivity (Wildman–Crippen MR) is 154 cm³/mol. The van der Waals surface area contributed by atoms with Crippen molar-refractivity contribution in [1.29, 1.82) is 0 Å². The molecular weight excluding hydrogens is 478 g/mol. The van der Waals surface area contributed by atoms with Crippen molar-refractivity contribution in [2.75, 3.05) is 45.1 Å². The lowest BCUT2D eigenvalue weighted by molar-refractivity contribution is -0.907. The van der Waals surface area contributed by atoms with Gasteiger partial charge in [0.2, 0.25) is 11.8 Å². The van der Waals surface area contributed by atoms with Gasteiger partial charge in [-0.1, -0.05) is 50.3 Å². The summed E-state index contributed by atoms with van der Waals surface area (Å²) in [7, 11) is 2.14. The number of para-hydroxylation sites is 1. The molecule has 2 aromatic rings. The minimum Gasteiger partial charge on any atom is -0.343 e. The summed E-state index contributed by atoms with van der Waals surface area (Å²) in [5, 5.41) is 6.89. The second kappa shape index (κ2) is 15.1. The first kappa shape index (κ1) is 30.0. The Bertz CT molecular complexity index is 1020. The summed E-state index contributed by atoms with van der Waals surface area (Å²) >= 11 is 0. The van der Waals surface area contributed by atoms with Gasteiger partial charge in [0.15, 0.2) is 0 Å². The van der Waals surface area contributed by atoms with Crippen molar-refractivity contribution in [3.8, 4) is 0 Å². The lowest BCUT2D eigenvalue weighted by Gasteiger charge is -2.34. The Kier molecular flexibility index (Phi) is 11.9. The maximum Gasteiger partial charge on any atom is 0.246 e. The fourth-order valence-electron chi connectivity index (χ4n) is 5.58. The summed E-state index contributed by atoms with van der Waals surface area (Å²) in [5.74, 6) is 0.0957. The second-order valence-corrected chi connectivity index (χ2v) is 11.2. The normalized spacial score (nSPS) is 16.2. The number of aromatic nitrogens is 1. The van der Waals surface area contributed by atoms with Gasteiger partial charge < -0.3 is 32.3 Å². The van der Waals surface area contributed by atoms with Gasteiger partial charge in [0.25, 0.3) is 0 Å². The number of anilines is 1. The molecule has 9 nitrogen and oxygen atoms in total. The van der Waals surface area contributed by atoms with Crippen LogP contribution in [0.4, 0.5) is 5.69 Å². The Morgan fingerprint density at radius 2 is 1.74 bits per heavy atom. The van der Waals surface area contributed by atoms with E-state index >= 15 is 0 Å². The maximum atomic E-state index is 13.3. The molecule has 2 amide bonds. The summed E-state index contributed by atoms with van der Waals surface area (Å²) in [6.45, 7) is 3.72. The molecule has 1 fully saturated rings. The number of carbonyl (C=O) groups is 2. The molecular formula is C29H48N7O2+. The Balaban J connectivity index is 1.60. The van der Waals surface area contributed by atoms with Crippen molar-refractivity contribution in [3.63, 3.8) is 0 Å². The Morgan fingerprint density at radius 1 is 1.03 bits per heavy atom. The molecule has 1 saturated carbocycles. The highest BCUT2D eigenvalue weighted by Crippen LogP contribution is 2.28. The number of hydrogen-bond donors (Lipinski definition) is 5. The third kappa shape index (κ3) is 9.31. The molecule has 3 rings (SSSR count). The number of hydrogen-bond acceptors (Lipinski definition) is 6. The summed E-state index contributed by atoms with van der Waals surface area (Å²) < 4.78 is 0.771. The van der Waals surface area contributed by atoms with Crippen LogP contribution in [0, 0.1) is 5.92 Å². The first-order valence-electron chi connectivity index (χ1n) is 14.3. The zero-order valence-electron chi connectivity index (χ0n) is 23.0. The Morgan fingerprint density at radius 3 is 2.45 bits per heavy atom. The number of nitrogens with zero attached hydrogens (tertiary/aromatic N) is 2. The van der Waals surface area contributed by atoms with Crippen LogP contribution in [0.15, 0.2) is 36.5 Å². The Hall–Kier alpha value is -2.59. The molecule has 8 N–H and O–H groups in total. The van der Waals surface area contributed by atoms with Crippen LogP contribution in [0.1, 0.15) is 57.8 Å². The van der Waals surface area contributed by atoms with Gasteiger partial charge in [0.1, 0.15) is 6.04 Å². The highest BCUT2D eigenvalue weighted by atomic mass is 16.2. The topological polar surface area (TPSA) is 149 Å². The maximum absolute atomic E-state index is 13.3. The van der Waals surface area contributed by atoms with Crippen molar-refractivity contribution in [1.82, 2.24) is 10.3 Å². The van der Waals surface area contributed by atoms with E-state index in [0.717, 1.165) is 47.9 Å². The number of fused-ring (bicyclic) bond motifs is 1. The van der Waals surface area contributed by atoms with Crippen LogP contribution in [-0.4, -0.2) is 73.1 Å². The fraction of sp³-hybridized carbons (Fsp3) is 0.621. The Labute approximate surface area is 227 Å².